The van der Waals surface area contributed by atoms with Crippen LogP contribution in [-0.4, -0.2) is 0 Å². The topological polar surface area (TPSA) is 26.0 Å². The van der Waals surface area contributed by atoms with Crippen molar-refractivity contribution in [2.45, 2.75) is 27.7 Å². The number of hydrogen-bond donors (Lipinski definition) is 1. The van der Waals surface area contributed by atoms with Crippen molar-refractivity contribution >= 4 is 11.3 Å². The summed E-state index contributed by atoms with van der Waals surface area (Å²) >= 11 is 0. The molecule has 19 heavy (non-hydrogen) atoms. The van der Waals surface area contributed by atoms with Crippen LogP contribution in [-0.2, 0) is 0 Å². The van der Waals surface area contributed by atoms with Crippen LogP contribution in [0.4, 0.5) is 0 Å². The van der Waals surface area contributed by atoms with Crippen LogP contribution in [0.2, 0.25) is 0 Å². The highest BCUT2D eigenvalue weighted by Crippen LogP contribution is 2.32. The minimum absolute atomic E-state index is 0.597. The average Bonchev–Trinajstić information content (AvgIpc) is 2.43. The van der Waals surface area contributed by atoms with E-state index in [0.29, 0.717) is 11.8 Å². The van der Waals surface area contributed by atoms with Gasteiger partial charge in [-0.25, -0.2) is 0 Å². The molecular formula is C18H23N. The Morgan fingerprint density at radius 3 is 2.32 bits per heavy atom. The van der Waals surface area contributed by atoms with Gasteiger partial charge in [-0.1, -0.05) is 61.9 Å². The minimum Gasteiger partial charge on any atom is -0.399 e. The Bertz CT molecular complexity index is 544. The fraction of sp³-hybridized carbons (Fsp3) is 0.333. The predicted octanol–water partition coefficient (Wildman–Crippen LogP) is 4.62. The number of rotatable bonds is 2. The molecule has 2 N–H and O–H groups in total. The van der Waals surface area contributed by atoms with Crippen LogP contribution in [0.15, 0.2) is 48.1 Å². The van der Waals surface area contributed by atoms with Crippen LogP contribution in [0.1, 0.15) is 38.8 Å². The van der Waals surface area contributed by atoms with Gasteiger partial charge in [0.2, 0.25) is 0 Å². The number of hydrogen-bond acceptors (Lipinski definition) is 1. The van der Waals surface area contributed by atoms with E-state index in [2.05, 4.69) is 57.2 Å². The fourth-order valence-corrected chi connectivity index (χ4v) is 2.47. The monoisotopic (exact) mass is 253 g/mol. The molecule has 0 spiro atoms. The van der Waals surface area contributed by atoms with Gasteiger partial charge in [-0.05, 0) is 42.4 Å². The van der Waals surface area contributed by atoms with Crippen LogP contribution in [0, 0.1) is 11.8 Å². The van der Waals surface area contributed by atoms with Crippen molar-refractivity contribution in [3.63, 3.8) is 0 Å². The van der Waals surface area contributed by atoms with Gasteiger partial charge < -0.3 is 5.73 Å². The van der Waals surface area contributed by atoms with Crippen molar-refractivity contribution in [3.8, 4) is 0 Å². The Morgan fingerprint density at radius 2 is 1.79 bits per heavy atom. The zero-order valence-corrected chi connectivity index (χ0v) is 12.3. The van der Waals surface area contributed by atoms with Crippen molar-refractivity contribution in [3.05, 3.63) is 59.2 Å². The van der Waals surface area contributed by atoms with E-state index >= 15 is 0 Å². The zero-order chi connectivity index (χ0) is 14.0. The van der Waals surface area contributed by atoms with E-state index in [1.807, 2.05) is 13.0 Å². The first kappa shape index (κ1) is 13.7. The van der Waals surface area contributed by atoms with Gasteiger partial charge in [0.05, 0.1) is 0 Å². The third-order valence-electron chi connectivity index (χ3n) is 4.20. The van der Waals surface area contributed by atoms with Crippen molar-refractivity contribution in [2.75, 3.05) is 0 Å². The smallest absolute Gasteiger partial charge is 0.0344 e. The van der Waals surface area contributed by atoms with Crippen molar-refractivity contribution < 1.29 is 0 Å². The van der Waals surface area contributed by atoms with Crippen molar-refractivity contribution in [1.82, 2.24) is 0 Å². The molecule has 0 saturated heterocycles. The lowest BCUT2D eigenvalue weighted by molar-refractivity contribution is 0.525. The Morgan fingerprint density at radius 1 is 1.16 bits per heavy atom. The second kappa shape index (κ2) is 5.48. The lowest BCUT2D eigenvalue weighted by Gasteiger charge is -2.24. The maximum Gasteiger partial charge on any atom is 0.0344 e. The molecule has 1 aliphatic carbocycles. The van der Waals surface area contributed by atoms with Crippen molar-refractivity contribution in [2.24, 2.45) is 17.6 Å². The highest BCUT2D eigenvalue weighted by molar-refractivity contribution is 5.77. The van der Waals surface area contributed by atoms with E-state index in [1.165, 1.54) is 16.7 Å². The number of allylic oxidation sites excluding steroid dienone is 5. The Labute approximate surface area is 116 Å². The van der Waals surface area contributed by atoms with E-state index in [1.54, 1.807) is 0 Å². The second-order valence-corrected chi connectivity index (χ2v) is 5.48. The highest BCUT2D eigenvalue weighted by atomic mass is 14.6. The molecule has 0 radical (unpaired) electrons. The molecule has 2 rings (SSSR count). The zero-order valence-electron chi connectivity index (χ0n) is 12.3. The molecule has 0 heterocycles. The second-order valence-electron chi connectivity index (χ2n) is 5.48. The quantitative estimate of drug-likeness (QED) is 0.817. The van der Waals surface area contributed by atoms with Crippen LogP contribution in [0.3, 0.4) is 0 Å². The fourth-order valence-electron chi connectivity index (χ4n) is 2.47. The van der Waals surface area contributed by atoms with E-state index in [4.69, 9.17) is 5.73 Å². The summed E-state index contributed by atoms with van der Waals surface area (Å²) in [5.74, 6) is 1.24. The van der Waals surface area contributed by atoms with E-state index in [0.717, 1.165) is 11.3 Å². The number of nitrogens with two attached hydrogens (primary N) is 1. The first-order valence-corrected chi connectivity index (χ1v) is 6.95. The first-order valence-electron chi connectivity index (χ1n) is 6.95. The summed E-state index contributed by atoms with van der Waals surface area (Å²) < 4.78 is 0. The Kier molecular flexibility index (Phi) is 3.94. The van der Waals surface area contributed by atoms with Gasteiger partial charge >= 0.3 is 0 Å². The van der Waals surface area contributed by atoms with E-state index < -0.39 is 0 Å². The van der Waals surface area contributed by atoms with E-state index in [-0.39, 0.29) is 0 Å². The van der Waals surface area contributed by atoms with Crippen LogP contribution < -0.4 is 5.73 Å². The third-order valence-corrected chi connectivity index (χ3v) is 4.20. The maximum atomic E-state index is 5.92. The highest BCUT2D eigenvalue weighted by Gasteiger charge is 2.17. The summed E-state index contributed by atoms with van der Waals surface area (Å²) in [6.07, 6.45) is 6.60. The molecule has 0 fully saturated rings. The Balaban J connectivity index is 2.31. The normalized spacial score (nSPS) is 23.9. The molecule has 2 atom stereocenters. The minimum atomic E-state index is 0.597. The standard InChI is InChI=1S/C18H23N/c1-5-18(19)16-8-6-15(7-9-16)17-10-12(2)14(4)13(3)11-17/h5-12,14H,19H2,1-4H3/b18-5-/t12-,14-/m1/s1. The maximum absolute atomic E-state index is 5.92. The van der Waals surface area contributed by atoms with Gasteiger partial charge in [-0.15, -0.1) is 0 Å². The summed E-state index contributed by atoms with van der Waals surface area (Å²) in [5.41, 5.74) is 11.9. The predicted molar refractivity (Wildman–Crippen MR) is 84.3 cm³/mol. The summed E-state index contributed by atoms with van der Waals surface area (Å²) in [6, 6.07) is 8.50. The van der Waals surface area contributed by atoms with Crippen LogP contribution in [0.5, 0.6) is 0 Å². The first-order chi connectivity index (χ1) is 9.02. The van der Waals surface area contributed by atoms with Crippen LogP contribution in [0.25, 0.3) is 11.3 Å². The molecule has 1 heteroatoms. The third kappa shape index (κ3) is 2.81. The summed E-state index contributed by atoms with van der Waals surface area (Å²) in [4.78, 5) is 0. The molecule has 1 aromatic rings. The molecular weight excluding hydrogens is 230 g/mol. The molecule has 1 nitrogen and oxygen atoms in total. The number of benzene rings is 1. The lowest BCUT2D eigenvalue weighted by Crippen LogP contribution is -2.11. The molecule has 0 unspecified atom stereocenters. The van der Waals surface area contributed by atoms with Gasteiger partial charge in [0.25, 0.3) is 0 Å². The lowest BCUT2D eigenvalue weighted by atomic mass is 9.81. The molecule has 0 saturated carbocycles. The SMILES string of the molecule is C/C=C(\N)c1ccc(C2=C[C@@H](C)[C@@H](C)C(C)=C2)cc1. The largest absolute Gasteiger partial charge is 0.399 e. The molecule has 0 aliphatic heterocycles. The molecule has 0 amide bonds. The molecule has 1 aliphatic rings. The molecule has 1 aromatic carbocycles. The summed E-state index contributed by atoms with van der Waals surface area (Å²) in [7, 11) is 0. The van der Waals surface area contributed by atoms with E-state index in [9.17, 15) is 0 Å². The van der Waals surface area contributed by atoms with Gasteiger partial charge in [0, 0.05) is 5.70 Å². The average molecular weight is 253 g/mol. The van der Waals surface area contributed by atoms with Gasteiger partial charge in [0.15, 0.2) is 0 Å². The van der Waals surface area contributed by atoms with Crippen molar-refractivity contribution in [1.29, 1.82) is 0 Å². The van der Waals surface area contributed by atoms with Gasteiger partial charge in [-0.2, -0.15) is 0 Å². The molecule has 0 aromatic heterocycles. The molecule has 0 bridgehead atoms. The summed E-state index contributed by atoms with van der Waals surface area (Å²) in [6.45, 7) is 8.76. The van der Waals surface area contributed by atoms with Gasteiger partial charge in [-0.3, -0.25) is 0 Å². The summed E-state index contributed by atoms with van der Waals surface area (Å²) in [5, 5.41) is 0. The van der Waals surface area contributed by atoms with Crippen LogP contribution >= 0.6 is 0 Å². The Hall–Kier alpha value is -1.76. The van der Waals surface area contributed by atoms with Gasteiger partial charge in [0.1, 0.15) is 0 Å². The molecule has 100 valence electrons.